The third kappa shape index (κ3) is 4.18. The van der Waals surface area contributed by atoms with Gasteiger partial charge in [0.15, 0.2) is 0 Å². The van der Waals surface area contributed by atoms with E-state index < -0.39 is 11.7 Å². The second kappa shape index (κ2) is 8.10. The van der Waals surface area contributed by atoms with E-state index in [1.807, 2.05) is 0 Å². The summed E-state index contributed by atoms with van der Waals surface area (Å²) < 4.78 is 41.4. The van der Waals surface area contributed by atoms with Gasteiger partial charge in [-0.1, -0.05) is 69.6 Å². The van der Waals surface area contributed by atoms with Crippen LogP contribution < -0.4 is 0 Å². The van der Waals surface area contributed by atoms with Crippen molar-refractivity contribution in [2.24, 2.45) is 0 Å². The molecule has 1 aromatic heterocycles. The Kier molecular flexibility index (Phi) is 6.31. The molecular formula is C18H6Cl6F3N. The van der Waals surface area contributed by atoms with E-state index in [2.05, 4.69) is 4.98 Å². The first kappa shape index (κ1) is 21.8. The number of halogens is 9. The lowest BCUT2D eigenvalue weighted by molar-refractivity contribution is -0.137. The molecule has 0 saturated heterocycles. The number of hydrogen-bond donors (Lipinski definition) is 0. The summed E-state index contributed by atoms with van der Waals surface area (Å²) in [6.07, 6.45) is -2.87. The van der Waals surface area contributed by atoms with Gasteiger partial charge in [-0.25, -0.2) is 0 Å². The summed E-state index contributed by atoms with van der Waals surface area (Å²) in [6, 6.07) is 5.30. The van der Waals surface area contributed by atoms with Gasteiger partial charge < -0.3 is 0 Å². The van der Waals surface area contributed by atoms with Gasteiger partial charge >= 0.3 is 6.18 Å². The van der Waals surface area contributed by atoms with Gasteiger partial charge in [0.2, 0.25) is 0 Å². The molecule has 3 rings (SSSR count). The first-order valence-electron chi connectivity index (χ1n) is 7.35. The lowest BCUT2D eigenvalue weighted by Gasteiger charge is -2.20. The fraction of sp³-hybridized carbons (Fsp3) is 0.0556. The quantitative estimate of drug-likeness (QED) is 0.338. The highest BCUT2D eigenvalue weighted by atomic mass is 35.5. The number of aromatic nitrogens is 1. The zero-order valence-electron chi connectivity index (χ0n) is 13.3. The maximum absolute atomic E-state index is 13.8. The molecule has 28 heavy (non-hydrogen) atoms. The van der Waals surface area contributed by atoms with Gasteiger partial charge in [-0.2, -0.15) is 13.2 Å². The highest BCUT2D eigenvalue weighted by molar-refractivity contribution is 6.44. The normalized spacial score (nSPS) is 11.8. The van der Waals surface area contributed by atoms with E-state index in [4.69, 9.17) is 69.6 Å². The van der Waals surface area contributed by atoms with Gasteiger partial charge in [0.1, 0.15) is 0 Å². The molecule has 0 unspecified atom stereocenters. The molecule has 0 fully saturated rings. The van der Waals surface area contributed by atoms with Crippen molar-refractivity contribution in [3.05, 3.63) is 72.4 Å². The summed E-state index contributed by atoms with van der Waals surface area (Å²) in [5, 5.41) is 0.337. The van der Waals surface area contributed by atoms with Crippen LogP contribution >= 0.6 is 69.6 Å². The third-order valence-corrected chi connectivity index (χ3v) is 5.41. The monoisotopic (exact) mass is 503 g/mol. The molecule has 10 heteroatoms. The van der Waals surface area contributed by atoms with E-state index >= 15 is 0 Å². The molecule has 0 aliphatic carbocycles. The first-order valence-corrected chi connectivity index (χ1v) is 9.62. The molecule has 0 radical (unpaired) electrons. The highest BCUT2D eigenvalue weighted by Gasteiger charge is 2.37. The standard InChI is InChI=1S/C18H6Cl6F3N/c19-7-1-11(21)16(12(22)2-7)9-5-28-6-10(18(25,26)27)15(9)17-13(23)3-8(20)4-14(17)24/h1-6H. The van der Waals surface area contributed by atoms with Crippen LogP contribution in [0.3, 0.4) is 0 Å². The largest absolute Gasteiger partial charge is 0.418 e. The van der Waals surface area contributed by atoms with Gasteiger partial charge in [0, 0.05) is 44.7 Å². The predicted octanol–water partition coefficient (Wildman–Crippen LogP) is 9.35. The molecule has 3 aromatic rings. The van der Waals surface area contributed by atoms with Crippen LogP contribution in [-0.2, 0) is 6.18 Å². The van der Waals surface area contributed by atoms with Crippen molar-refractivity contribution in [1.82, 2.24) is 4.98 Å². The second-order valence-corrected chi connectivity index (χ2v) is 8.10. The number of hydrogen-bond acceptors (Lipinski definition) is 1. The Bertz CT molecular complexity index is 1040. The summed E-state index contributed by atoms with van der Waals surface area (Å²) in [5.74, 6) is 0. The molecule has 146 valence electrons. The van der Waals surface area contributed by atoms with E-state index in [0.717, 1.165) is 0 Å². The number of pyridine rings is 1. The lowest BCUT2D eigenvalue weighted by Crippen LogP contribution is -2.09. The van der Waals surface area contributed by atoms with Gasteiger partial charge in [-0.05, 0) is 24.3 Å². The smallest absolute Gasteiger partial charge is 0.263 e. The minimum Gasteiger partial charge on any atom is -0.263 e. The van der Waals surface area contributed by atoms with Crippen molar-refractivity contribution >= 4 is 69.6 Å². The van der Waals surface area contributed by atoms with Crippen molar-refractivity contribution in [3.63, 3.8) is 0 Å². The van der Waals surface area contributed by atoms with Crippen LogP contribution in [0.5, 0.6) is 0 Å². The molecule has 0 aliphatic rings. The minimum atomic E-state index is -4.75. The van der Waals surface area contributed by atoms with Crippen molar-refractivity contribution in [3.8, 4) is 22.3 Å². The van der Waals surface area contributed by atoms with Gasteiger partial charge in [-0.3, -0.25) is 4.98 Å². The molecule has 0 aliphatic heterocycles. The number of nitrogens with zero attached hydrogens (tertiary/aromatic N) is 1. The zero-order chi connectivity index (χ0) is 20.8. The van der Waals surface area contributed by atoms with Gasteiger partial charge in [0.05, 0.1) is 25.7 Å². The zero-order valence-corrected chi connectivity index (χ0v) is 17.8. The van der Waals surface area contributed by atoms with E-state index in [-0.39, 0.29) is 52.4 Å². The van der Waals surface area contributed by atoms with E-state index in [9.17, 15) is 13.2 Å². The summed E-state index contributed by atoms with van der Waals surface area (Å²) >= 11 is 36.7. The second-order valence-electron chi connectivity index (χ2n) is 5.60. The molecule has 0 bridgehead atoms. The maximum Gasteiger partial charge on any atom is 0.418 e. The SMILES string of the molecule is FC(F)(F)c1cncc(-c2c(Cl)cc(Cl)cc2Cl)c1-c1c(Cl)cc(Cl)cc1Cl. The summed E-state index contributed by atoms with van der Waals surface area (Å²) in [4.78, 5) is 3.71. The number of benzene rings is 2. The lowest BCUT2D eigenvalue weighted by atomic mass is 9.92. The van der Waals surface area contributed by atoms with Crippen LogP contribution in [-0.4, -0.2) is 4.98 Å². The van der Waals surface area contributed by atoms with Crippen LogP contribution in [0.1, 0.15) is 5.56 Å². The minimum absolute atomic E-state index is 0.00684. The number of rotatable bonds is 2. The Balaban J connectivity index is 2.49. The third-order valence-electron chi connectivity index (χ3n) is 3.78. The van der Waals surface area contributed by atoms with Crippen molar-refractivity contribution < 1.29 is 13.2 Å². The van der Waals surface area contributed by atoms with Crippen LogP contribution in [0.15, 0.2) is 36.7 Å². The Hall–Kier alpha value is -0.880. The molecule has 2 aromatic carbocycles. The summed E-state index contributed by atoms with van der Waals surface area (Å²) in [7, 11) is 0. The fourth-order valence-corrected chi connectivity index (χ4v) is 4.74. The molecular weight excluding hydrogens is 500 g/mol. The first-order chi connectivity index (χ1) is 13.0. The predicted molar refractivity (Wildman–Crippen MR) is 110 cm³/mol. The summed E-state index contributed by atoms with van der Waals surface area (Å²) in [5.41, 5.74) is -1.34. The Labute approximate surface area is 187 Å². The summed E-state index contributed by atoms with van der Waals surface area (Å²) in [6.45, 7) is 0. The van der Waals surface area contributed by atoms with Crippen LogP contribution in [0.25, 0.3) is 22.3 Å². The average molecular weight is 506 g/mol. The average Bonchev–Trinajstić information content (AvgIpc) is 2.53. The molecule has 0 saturated carbocycles. The van der Waals surface area contributed by atoms with Crippen molar-refractivity contribution in [2.45, 2.75) is 6.18 Å². The number of alkyl halides is 3. The van der Waals surface area contributed by atoms with E-state index in [1.54, 1.807) is 0 Å². The molecule has 1 heterocycles. The van der Waals surface area contributed by atoms with Crippen molar-refractivity contribution in [2.75, 3.05) is 0 Å². The van der Waals surface area contributed by atoms with Crippen molar-refractivity contribution in [1.29, 1.82) is 0 Å². The van der Waals surface area contributed by atoms with Crippen LogP contribution in [0.4, 0.5) is 13.2 Å². The molecule has 1 nitrogen and oxygen atoms in total. The fourth-order valence-electron chi connectivity index (χ4n) is 2.71. The van der Waals surface area contributed by atoms with Gasteiger partial charge in [0.25, 0.3) is 0 Å². The maximum atomic E-state index is 13.8. The molecule has 0 spiro atoms. The van der Waals surface area contributed by atoms with E-state index in [1.165, 1.54) is 30.5 Å². The Morgan fingerprint density at radius 2 is 1.04 bits per heavy atom. The molecule has 0 atom stereocenters. The molecule has 0 N–H and O–H groups in total. The van der Waals surface area contributed by atoms with Crippen LogP contribution in [0, 0.1) is 0 Å². The highest BCUT2D eigenvalue weighted by Crippen LogP contribution is 2.50. The molecule has 0 amide bonds. The van der Waals surface area contributed by atoms with Crippen LogP contribution in [0.2, 0.25) is 30.1 Å². The van der Waals surface area contributed by atoms with E-state index in [0.29, 0.717) is 6.20 Å². The topological polar surface area (TPSA) is 12.9 Å². The Morgan fingerprint density at radius 1 is 0.607 bits per heavy atom. The van der Waals surface area contributed by atoms with Gasteiger partial charge in [-0.15, -0.1) is 0 Å². The Morgan fingerprint density at radius 3 is 1.46 bits per heavy atom.